The third-order valence-corrected chi connectivity index (χ3v) is 1.59. The van der Waals surface area contributed by atoms with Crippen LogP contribution < -0.4 is 5.73 Å². The molecule has 14 heavy (non-hydrogen) atoms. The monoisotopic (exact) mass is 211 g/mol. The number of benzene rings is 1. The van der Waals surface area contributed by atoms with Gasteiger partial charge in [-0.3, -0.25) is 0 Å². The Morgan fingerprint density at radius 1 is 1.50 bits per heavy atom. The molecular formula is C9H9F4N. The van der Waals surface area contributed by atoms with Crippen LogP contribution in [0.15, 0.2) is 18.2 Å². The molecule has 0 aliphatic heterocycles. The Balaban J connectivity index is 3.46. The van der Waals surface area contributed by atoms with Crippen molar-refractivity contribution in [3.05, 3.63) is 35.1 Å². The normalized spacial score (nSPS) is 21.5. The van der Waals surface area contributed by atoms with Gasteiger partial charge in [0.1, 0.15) is 5.82 Å². The zero-order valence-electron chi connectivity index (χ0n) is 10.8. The van der Waals surface area contributed by atoms with E-state index in [1.165, 1.54) is 0 Å². The quantitative estimate of drug-likeness (QED) is 0.710. The van der Waals surface area contributed by atoms with E-state index in [0.29, 0.717) is 6.07 Å². The third-order valence-electron chi connectivity index (χ3n) is 1.59. The molecule has 0 radical (unpaired) electrons. The van der Waals surface area contributed by atoms with Crippen LogP contribution in [-0.2, 0) is 6.18 Å². The summed E-state index contributed by atoms with van der Waals surface area (Å²) < 4.78 is 79.2. The average Bonchev–Trinajstić information content (AvgIpc) is 2.13. The summed E-state index contributed by atoms with van der Waals surface area (Å²) >= 11 is 0. The first kappa shape index (κ1) is 6.40. The van der Waals surface area contributed by atoms with Gasteiger partial charge in [0.15, 0.2) is 0 Å². The van der Waals surface area contributed by atoms with Crippen molar-refractivity contribution in [3.8, 4) is 0 Å². The van der Waals surface area contributed by atoms with Crippen LogP contribution in [0.4, 0.5) is 17.6 Å². The number of rotatable bonds is 1. The fourth-order valence-corrected chi connectivity index (χ4v) is 0.959. The maximum absolute atomic E-state index is 13.6. The zero-order chi connectivity index (χ0) is 14.4. The van der Waals surface area contributed by atoms with Crippen molar-refractivity contribution in [3.63, 3.8) is 0 Å². The molecule has 5 heteroatoms. The molecule has 0 saturated heterocycles. The lowest BCUT2D eigenvalue weighted by atomic mass is 10.0. The van der Waals surface area contributed by atoms with E-state index < -0.39 is 36.0 Å². The van der Waals surface area contributed by atoms with Crippen molar-refractivity contribution in [2.45, 2.75) is 19.0 Å². The maximum atomic E-state index is 13.6. The molecule has 1 aromatic rings. The van der Waals surface area contributed by atoms with Crippen molar-refractivity contribution in [1.29, 1.82) is 0 Å². The number of alkyl halides is 3. The molecule has 0 fully saturated rings. The van der Waals surface area contributed by atoms with Gasteiger partial charge in [-0.05, 0) is 12.9 Å². The molecule has 1 atom stereocenters. The molecule has 0 amide bonds. The Morgan fingerprint density at radius 3 is 2.64 bits per heavy atom. The van der Waals surface area contributed by atoms with Gasteiger partial charge in [0.05, 0.1) is 6.93 Å². The minimum atomic E-state index is -4.98. The Kier molecular flexibility index (Phi) is 1.63. The molecule has 0 spiro atoms. The van der Waals surface area contributed by atoms with Crippen LogP contribution in [0.3, 0.4) is 0 Å². The van der Waals surface area contributed by atoms with Gasteiger partial charge in [-0.2, -0.15) is 13.2 Å². The fourth-order valence-electron chi connectivity index (χ4n) is 0.959. The van der Waals surface area contributed by atoms with E-state index in [4.69, 9.17) is 11.2 Å². The van der Waals surface area contributed by atoms with Crippen molar-refractivity contribution in [2.24, 2.45) is 5.73 Å². The first-order chi connectivity index (χ1) is 7.89. The highest BCUT2D eigenvalue weighted by atomic mass is 19.4. The number of halogens is 4. The summed E-state index contributed by atoms with van der Waals surface area (Å²) in [4.78, 5) is 0. The Bertz CT molecular complexity index is 453. The van der Waals surface area contributed by atoms with Crippen LogP contribution in [0.5, 0.6) is 0 Å². The molecule has 2 N–H and O–H groups in total. The summed E-state index contributed by atoms with van der Waals surface area (Å²) in [6, 6.07) is -0.931. The van der Waals surface area contributed by atoms with Crippen LogP contribution in [-0.4, -0.2) is 0 Å². The van der Waals surface area contributed by atoms with E-state index in [1.807, 2.05) is 0 Å². The van der Waals surface area contributed by atoms with Crippen molar-refractivity contribution >= 4 is 0 Å². The van der Waals surface area contributed by atoms with Gasteiger partial charge >= 0.3 is 6.18 Å². The predicted molar refractivity (Wildman–Crippen MR) is 44.0 cm³/mol. The first-order valence-corrected chi connectivity index (χ1v) is 3.54. The second-order valence-corrected chi connectivity index (χ2v) is 2.58. The van der Waals surface area contributed by atoms with Crippen LogP contribution in [0, 0.1) is 5.82 Å². The van der Waals surface area contributed by atoms with Gasteiger partial charge in [-0.1, -0.05) is 12.1 Å². The minimum Gasteiger partial charge on any atom is -0.324 e. The van der Waals surface area contributed by atoms with Gasteiger partial charge in [-0.15, -0.1) is 0 Å². The van der Waals surface area contributed by atoms with Crippen LogP contribution in [0.25, 0.3) is 0 Å². The standard InChI is InChI=1S/C9H9F4N/c1-5(14)6-3-2-4-7(8(6)10)9(11,12)13/h2-5H,14H2,1H3/i1D3,5D. The summed E-state index contributed by atoms with van der Waals surface area (Å²) in [7, 11) is 0. The van der Waals surface area contributed by atoms with E-state index >= 15 is 0 Å². The molecule has 0 aromatic heterocycles. The fraction of sp³-hybridized carbons (Fsp3) is 0.333. The largest absolute Gasteiger partial charge is 0.419 e. The lowest BCUT2D eigenvalue weighted by Gasteiger charge is -2.12. The number of hydrogen-bond donors (Lipinski definition) is 1. The van der Waals surface area contributed by atoms with E-state index in [1.54, 1.807) is 0 Å². The van der Waals surface area contributed by atoms with E-state index in [9.17, 15) is 17.6 Å². The molecule has 0 aliphatic carbocycles. The van der Waals surface area contributed by atoms with Crippen molar-refractivity contribution < 1.29 is 23.0 Å². The molecule has 1 rings (SSSR count). The van der Waals surface area contributed by atoms with Crippen LogP contribution in [0.1, 0.15) is 29.5 Å². The van der Waals surface area contributed by atoms with Crippen molar-refractivity contribution in [1.82, 2.24) is 0 Å². The highest BCUT2D eigenvalue weighted by molar-refractivity contribution is 5.29. The molecule has 1 unspecified atom stereocenters. The van der Waals surface area contributed by atoms with Crippen LogP contribution in [0.2, 0.25) is 0 Å². The lowest BCUT2D eigenvalue weighted by Crippen LogP contribution is -2.14. The molecule has 0 heterocycles. The van der Waals surface area contributed by atoms with E-state index in [0.717, 1.165) is 12.1 Å². The molecule has 1 nitrogen and oxygen atoms in total. The van der Waals surface area contributed by atoms with Gasteiger partial charge in [0.25, 0.3) is 0 Å². The Morgan fingerprint density at radius 2 is 2.14 bits per heavy atom. The van der Waals surface area contributed by atoms with Crippen LogP contribution >= 0.6 is 0 Å². The highest BCUT2D eigenvalue weighted by Crippen LogP contribution is 2.33. The smallest absolute Gasteiger partial charge is 0.324 e. The van der Waals surface area contributed by atoms with Crippen molar-refractivity contribution in [2.75, 3.05) is 0 Å². The summed E-state index contributed by atoms with van der Waals surface area (Å²) in [5.74, 6) is -1.83. The lowest BCUT2D eigenvalue weighted by molar-refractivity contribution is -0.140. The second-order valence-electron chi connectivity index (χ2n) is 2.58. The summed E-state index contributed by atoms with van der Waals surface area (Å²) in [5.41, 5.74) is 2.46. The predicted octanol–water partition coefficient (Wildman–Crippen LogP) is 2.86. The SMILES string of the molecule is [2H]C([2H])([2H])C([2H])(N)c1cccc(C(F)(F)F)c1F. The maximum Gasteiger partial charge on any atom is 0.419 e. The molecule has 0 saturated carbocycles. The summed E-state index contributed by atoms with van der Waals surface area (Å²) in [5, 5.41) is 0. The topological polar surface area (TPSA) is 26.0 Å². The Labute approximate surface area is 84.1 Å². The van der Waals surface area contributed by atoms with Gasteiger partial charge < -0.3 is 5.73 Å². The van der Waals surface area contributed by atoms with E-state index in [-0.39, 0.29) is 0 Å². The second kappa shape index (κ2) is 3.57. The minimum absolute atomic E-state index is 0.453. The third kappa shape index (κ3) is 2.04. The molecule has 1 aromatic carbocycles. The van der Waals surface area contributed by atoms with E-state index in [2.05, 4.69) is 0 Å². The van der Waals surface area contributed by atoms with Gasteiger partial charge in [0.2, 0.25) is 0 Å². The number of hydrogen-bond acceptors (Lipinski definition) is 1. The summed E-state index contributed by atoms with van der Waals surface area (Å²) in [6.45, 7) is -3.15. The van der Waals surface area contributed by atoms with Gasteiger partial charge in [-0.25, -0.2) is 4.39 Å². The molecule has 0 aliphatic rings. The number of nitrogens with two attached hydrogens (primary N) is 1. The summed E-state index contributed by atoms with van der Waals surface area (Å²) in [6.07, 6.45) is -4.98. The molecule has 0 bridgehead atoms. The first-order valence-electron chi connectivity index (χ1n) is 5.54. The Hall–Kier alpha value is -1.10. The zero-order valence-corrected chi connectivity index (χ0v) is 6.82. The average molecular weight is 211 g/mol. The van der Waals surface area contributed by atoms with Gasteiger partial charge in [0, 0.05) is 15.7 Å². The highest BCUT2D eigenvalue weighted by Gasteiger charge is 2.34. The molecular weight excluding hydrogens is 198 g/mol. The molecule has 78 valence electrons.